The molecular formula is C17H22FNO3. The Morgan fingerprint density at radius 1 is 1.27 bits per heavy atom. The van der Waals surface area contributed by atoms with Gasteiger partial charge in [0, 0.05) is 20.3 Å². The lowest BCUT2D eigenvalue weighted by Crippen LogP contribution is -2.40. The van der Waals surface area contributed by atoms with E-state index in [1.165, 1.54) is 11.8 Å². The van der Waals surface area contributed by atoms with E-state index in [4.69, 9.17) is 4.74 Å². The molecule has 0 heterocycles. The lowest BCUT2D eigenvalue weighted by Gasteiger charge is -2.25. The van der Waals surface area contributed by atoms with Gasteiger partial charge in [0.25, 0.3) is 0 Å². The summed E-state index contributed by atoms with van der Waals surface area (Å²) >= 11 is 0. The van der Waals surface area contributed by atoms with E-state index in [9.17, 15) is 14.0 Å². The Hall–Kier alpha value is -2.17. The zero-order chi connectivity index (χ0) is 16.8. The second-order valence-electron chi connectivity index (χ2n) is 5.48. The summed E-state index contributed by atoms with van der Waals surface area (Å²) in [4.78, 5) is 26.1. The van der Waals surface area contributed by atoms with Crippen molar-refractivity contribution in [3.8, 4) is 0 Å². The smallest absolute Gasteiger partial charge is 0.320 e. The Morgan fingerprint density at radius 3 is 2.36 bits per heavy atom. The maximum Gasteiger partial charge on any atom is 0.320 e. The molecule has 0 aromatic heterocycles. The largest absolute Gasteiger partial charge is 0.465 e. The van der Waals surface area contributed by atoms with Crippen LogP contribution in [0.25, 0.3) is 0 Å². The van der Waals surface area contributed by atoms with Crippen LogP contribution in [0.2, 0.25) is 0 Å². The number of halogens is 1. The number of ketones is 1. The second kappa shape index (κ2) is 7.73. The Kier molecular flexibility index (Phi) is 6.28. The molecule has 0 amide bonds. The first-order valence-electron chi connectivity index (χ1n) is 7.11. The molecule has 0 spiro atoms. The van der Waals surface area contributed by atoms with Crippen LogP contribution in [0.5, 0.6) is 0 Å². The highest BCUT2D eigenvalue weighted by molar-refractivity contribution is 6.10. The van der Waals surface area contributed by atoms with Crippen molar-refractivity contribution in [1.29, 1.82) is 0 Å². The molecule has 4 nitrogen and oxygen atoms in total. The molecule has 0 bridgehead atoms. The van der Waals surface area contributed by atoms with Crippen LogP contribution < -0.4 is 0 Å². The van der Waals surface area contributed by atoms with Crippen LogP contribution in [-0.2, 0) is 20.7 Å². The topological polar surface area (TPSA) is 46.6 Å². The van der Waals surface area contributed by atoms with Gasteiger partial charge in [-0.25, -0.2) is 4.39 Å². The zero-order valence-corrected chi connectivity index (χ0v) is 13.4. The molecule has 1 aromatic carbocycles. The van der Waals surface area contributed by atoms with Gasteiger partial charge in [0.15, 0.2) is 5.83 Å². The van der Waals surface area contributed by atoms with Crippen LogP contribution >= 0.6 is 0 Å². The van der Waals surface area contributed by atoms with E-state index in [-0.39, 0.29) is 13.0 Å². The Labute approximate surface area is 130 Å². The number of Topliss-reactive ketones (excluding diaryl/α,β-unsaturated/α-hetero) is 1. The molecule has 22 heavy (non-hydrogen) atoms. The van der Waals surface area contributed by atoms with Crippen molar-refractivity contribution in [3.63, 3.8) is 0 Å². The van der Waals surface area contributed by atoms with Gasteiger partial charge in [-0.15, -0.1) is 0 Å². The zero-order valence-electron chi connectivity index (χ0n) is 13.4. The molecule has 0 saturated carbocycles. The van der Waals surface area contributed by atoms with Crippen molar-refractivity contribution < 1.29 is 18.7 Å². The SMILES string of the molecule is CCOC(=O)C(C)(Cc1ccccc1)C(=O)/C(F)=C/N(C)C. The minimum Gasteiger partial charge on any atom is -0.465 e. The van der Waals surface area contributed by atoms with E-state index in [1.54, 1.807) is 45.3 Å². The van der Waals surface area contributed by atoms with Crippen LogP contribution in [0, 0.1) is 5.41 Å². The molecule has 120 valence electrons. The van der Waals surface area contributed by atoms with Gasteiger partial charge in [-0.3, -0.25) is 9.59 Å². The lowest BCUT2D eigenvalue weighted by atomic mass is 9.79. The maximum absolute atomic E-state index is 14.1. The summed E-state index contributed by atoms with van der Waals surface area (Å²) in [5.41, 5.74) is -0.822. The summed E-state index contributed by atoms with van der Waals surface area (Å²) in [7, 11) is 3.21. The van der Waals surface area contributed by atoms with Crippen molar-refractivity contribution in [2.75, 3.05) is 20.7 Å². The molecule has 0 aliphatic rings. The van der Waals surface area contributed by atoms with E-state index in [0.29, 0.717) is 0 Å². The van der Waals surface area contributed by atoms with Crippen LogP contribution in [0.1, 0.15) is 19.4 Å². The lowest BCUT2D eigenvalue weighted by molar-refractivity contribution is -0.158. The molecule has 0 aliphatic heterocycles. The van der Waals surface area contributed by atoms with Gasteiger partial charge in [0.05, 0.1) is 6.61 Å². The minimum absolute atomic E-state index is 0.0835. The number of esters is 1. The first-order chi connectivity index (χ1) is 10.3. The van der Waals surface area contributed by atoms with Crippen molar-refractivity contribution in [3.05, 3.63) is 47.9 Å². The summed E-state index contributed by atoms with van der Waals surface area (Å²) in [6.45, 7) is 3.20. The van der Waals surface area contributed by atoms with Crippen molar-refractivity contribution in [2.24, 2.45) is 5.41 Å². The van der Waals surface area contributed by atoms with E-state index in [2.05, 4.69) is 0 Å². The van der Waals surface area contributed by atoms with Gasteiger partial charge in [-0.2, -0.15) is 0 Å². The number of allylic oxidation sites excluding steroid dienone is 1. The molecule has 0 fully saturated rings. The standard InChI is InChI=1S/C17H22FNO3/c1-5-22-16(21)17(2,11-13-9-7-6-8-10-13)15(20)14(18)12-19(3)4/h6-10,12H,5,11H2,1-4H3/b14-12-. The average molecular weight is 307 g/mol. The molecule has 0 radical (unpaired) electrons. The van der Waals surface area contributed by atoms with Crippen LogP contribution in [-0.4, -0.2) is 37.4 Å². The maximum atomic E-state index is 14.1. The highest BCUT2D eigenvalue weighted by atomic mass is 19.1. The van der Waals surface area contributed by atoms with Gasteiger partial charge in [0.1, 0.15) is 5.41 Å². The van der Waals surface area contributed by atoms with E-state index >= 15 is 0 Å². The van der Waals surface area contributed by atoms with E-state index < -0.39 is 23.0 Å². The van der Waals surface area contributed by atoms with Gasteiger partial charge in [-0.1, -0.05) is 30.3 Å². The summed E-state index contributed by atoms with van der Waals surface area (Å²) in [6.07, 6.45) is 1.14. The Balaban J connectivity index is 3.16. The summed E-state index contributed by atoms with van der Waals surface area (Å²) in [5.74, 6) is -2.55. The third-order valence-electron chi connectivity index (χ3n) is 3.22. The summed E-state index contributed by atoms with van der Waals surface area (Å²) in [6, 6.07) is 9.02. The molecule has 5 heteroatoms. The molecular weight excluding hydrogens is 285 g/mol. The molecule has 1 aromatic rings. The fraction of sp³-hybridized carbons (Fsp3) is 0.412. The Morgan fingerprint density at radius 2 is 1.86 bits per heavy atom. The number of nitrogens with zero attached hydrogens (tertiary/aromatic N) is 1. The number of carbonyl (C=O) groups is 2. The third kappa shape index (κ3) is 4.41. The minimum atomic E-state index is -1.59. The highest BCUT2D eigenvalue weighted by Crippen LogP contribution is 2.29. The van der Waals surface area contributed by atoms with Crippen molar-refractivity contribution >= 4 is 11.8 Å². The first kappa shape index (κ1) is 17.9. The monoisotopic (exact) mass is 307 g/mol. The van der Waals surface area contributed by atoms with Crippen LogP contribution in [0.4, 0.5) is 4.39 Å². The predicted octanol–water partition coefficient (Wildman–Crippen LogP) is 2.74. The van der Waals surface area contributed by atoms with Gasteiger partial charge in [-0.05, 0) is 25.8 Å². The number of rotatable bonds is 7. The fourth-order valence-corrected chi connectivity index (χ4v) is 2.09. The van der Waals surface area contributed by atoms with E-state index in [1.807, 2.05) is 6.07 Å². The normalized spacial score (nSPS) is 14.1. The van der Waals surface area contributed by atoms with E-state index in [0.717, 1.165) is 11.8 Å². The quantitative estimate of drug-likeness (QED) is 0.441. The van der Waals surface area contributed by atoms with Crippen LogP contribution in [0.3, 0.4) is 0 Å². The number of ether oxygens (including phenoxy) is 1. The van der Waals surface area contributed by atoms with Gasteiger partial charge in [0.2, 0.25) is 5.78 Å². The van der Waals surface area contributed by atoms with Crippen molar-refractivity contribution in [2.45, 2.75) is 20.3 Å². The molecule has 1 atom stereocenters. The molecule has 0 N–H and O–H groups in total. The fourth-order valence-electron chi connectivity index (χ4n) is 2.09. The van der Waals surface area contributed by atoms with Crippen LogP contribution in [0.15, 0.2) is 42.4 Å². The van der Waals surface area contributed by atoms with Crippen molar-refractivity contribution in [1.82, 2.24) is 4.90 Å². The Bertz CT molecular complexity index is 554. The number of benzene rings is 1. The molecule has 0 saturated heterocycles. The second-order valence-corrected chi connectivity index (χ2v) is 5.48. The number of carbonyl (C=O) groups excluding carboxylic acids is 2. The number of hydrogen-bond donors (Lipinski definition) is 0. The molecule has 1 rings (SSSR count). The number of hydrogen-bond acceptors (Lipinski definition) is 4. The summed E-state index contributed by atoms with van der Waals surface area (Å²) < 4.78 is 19.1. The molecule has 1 unspecified atom stereocenters. The summed E-state index contributed by atoms with van der Waals surface area (Å²) in [5, 5.41) is 0. The molecule has 0 aliphatic carbocycles. The van der Waals surface area contributed by atoms with Gasteiger partial charge < -0.3 is 9.64 Å². The average Bonchev–Trinajstić information content (AvgIpc) is 2.46. The highest BCUT2D eigenvalue weighted by Gasteiger charge is 2.44. The third-order valence-corrected chi connectivity index (χ3v) is 3.22. The predicted molar refractivity (Wildman–Crippen MR) is 82.8 cm³/mol. The first-order valence-corrected chi connectivity index (χ1v) is 7.11. The van der Waals surface area contributed by atoms with Gasteiger partial charge >= 0.3 is 5.97 Å².